The molecule has 6 heteroatoms. The van der Waals surface area contributed by atoms with Crippen molar-refractivity contribution in [3.63, 3.8) is 0 Å². The summed E-state index contributed by atoms with van der Waals surface area (Å²) in [5.74, 6) is 0.190. The van der Waals surface area contributed by atoms with Gasteiger partial charge in [-0.1, -0.05) is 30.3 Å². The molecule has 2 N–H and O–H groups in total. The second kappa shape index (κ2) is 7.87. The van der Waals surface area contributed by atoms with Gasteiger partial charge in [0.25, 0.3) is 5.91 Å². The maximum atomic E-state index is 12.0. The lowest BCUT2D eigenvalue weighted by Crippen LogP contribution is -2.30. The fraction of sp³-hybridized carbons (Fsp3) is 0.304. The molecule has 150 valence electrons. The number of rotatable bonds is 4. The molecular weight excluding hydrogens is 384 g/mol. The summed E-state index contributed by atoms with van der Waals surface area (Å²) in [4.78, 5) is 17.8. The lowest BCUT2D eigenvalue weighted by molar-refractivity contribution is -0.149. The van der Waals surface area contributed by atoms with Gasteiger partial charge in [-0.25, -0.2) is 4.99 Å². The molecule has 2 aliphatic rings. The first-order valence-electron chi connectivity index (χ1n) is 9.77. The molecule has 0 radical (unpaired) electrons. The molecule has 0 bridgehead atoms. The van der Waals surface area contributed by atoms with Gasteiger partial charge in [-0.2, -0.15) is 0 Å². The molecule has 0 saturated heterocycles. The molecule has 29 heavy (non-hydrogen) atoms. The summed E-state index contributed by atoms with van der Waals surface area (Å²) in [5, 5.41) is 0.680. The first kappa shape index (κ1) is 19.5. The molecule has 2 heterocycles. The lowest BCUT2D eigenvalue weighted by atomic mass is 9.95. The fourth-order valence-corrected chi connectivity index (χ4v) is 4.91. The Labute approximate surface area is 174 Å². The Morgan fingerprint density at radius 3 is 2.69 bits per heavy atom. The number of allylic oxidation sites excluding steroid dienone is 2. The van der Waals surface area contributed by atoms with Gasteiger partial charge in [0, 0.05) is 36.6 Å². The van der Waals surface area contributed by atoms with Crippen LogP contribution in [0.3, 0.4) is 0 Å². The van der Waals surface area contributed by atoms with Crippen LogP contribution in [0.1, 0.15) is 53.1 Å². The van der Waals surface area contributed by atoms with Crippen LogP contribution in [0.4, 0.5) is 5.00 Å². The van der Waals surface area contributed by atoms with Crippen molar-refractivity contribution in [3.8, 4) is 0 Å². The van der Waals surface area contributed by atoms with Gasteiger partial charge in [0.2, 0.25) is 5.79 Å². The van der Waals surface area contributed by atoms with Crippen molar-refractivity contribution in [1.82, 2.24) is 0 Å². The van der Waals surface area contributed by atoms with Gasteiger partial charge in [0.1, 0.15) is 16.5 Å². The zero-order valence-electron chi connectivity index (χ0n) is 16.6. The Hall–Kier alpha value is -2.86. The second-order valence-corrected chi connectivity index (χ2v) is 8.66. The van der Waals surface area contributed by atoms with Gasteiger partial charge >= 0.3 is 0 Å². The molecule has 0 atom stereocenters. The van der Waals surface area contributed by atoms with Gasteiger partial charge in [-0.05, 0) is 37.3 Å². The van der Waals surface area contributed by atoms with Gasteiger partial charge in [0.15, 0.2) is 0 Å². The van der Waals surface area contributed by atoms with Gasteiger partial charge in [0.05, 0.1) is 5.56 Å². The van der Waals surface area contributed by atoms with E-state index < -0.39 is 11.7 Å². The molecule has 0 unspecified atom stereocenters. The average molecular weight is 409 g/mol. The molecule has 0 spiro atoms. The highest BCUT2D eigenvalue weighted by atomic mass is 32.1. The quantitative estimate of drug-likeness (QED) is 0.712. The highest BCUT2D eigenvalue weighted by molar-refractivity contribution is 7.16. The van der Waals surface area contributed by atoms with Crippen LogP contribution in [0.15, 0.2) is 53.2 Å². The van der Waals surface area contributed by atoms with Crippen LogP contribution in [0, 0.1) is 0 Å². The van der Waals surface area contributed by atoms with E-state index >= 15 is 0 Å². The number of fused-ring (bicyclic) bond motifs is 1. The summed E-state index contributed by atoms with van der Waals surface area (Å²) in [7, 11) is 0. The van der Waals surface area contributed by atoms with Crippen LogP contribution >= 0.6 is 11.3 Å². The predicted octanol–water partition coefficient (Wildman–Crippen LogP) is 5.14. The molecule has 1 aromatic heterocycles. The number of carbonyl (C=O) groups is 1. The van der Waals surface area contributed by atoms with E-state index in [9.17, 15) is 4.79 Å². The monoisotopic (exact) mass is 408 g/mol. The topological polar surface area (TPSA) is 73.9 Å². The largest absolute Gasteiger partial charge is 0.453 e. The summed E-state index contributed by atoms with van der Waals surface area (Å²) in [6.07, 6.45) is 9.44. The van der Waals surface area contributed by atoms with E-state index in [0.717, 1.165) is 42.6 Å². The summed E-state index contributed by atoms with van der Waals surface area (Å²) >= 11 is 1.57. The van der Waals surface area contributed by atoms with E-state index in [-0.39, 0.29) is 0 Å². The van der Waals surface area contributed by atoms with Crippen molar-refractivity contribution in [2.24, 2.45) is 10.7 Å². The fourth-order valence-electron chi connectivity index (χ4n) is 3.66. The Morgan fingerprint density at radius 1 is 1.17 bits per heavy atom. The Morgan fingerprint density at radius 2 is 1.93 bits per heavy atom. The number of nitrogens with two attached hydrogens (primary N) is 1. The summed E-state index contributed by atoms with van der Waals surface area (Å²) < 4.78 is 11.9. The number of primary amides is 1. The number of hydrogen-bond acceptors (Lipinski definition) is 5. The Bertz CT molecular complexity index is 1020. The number of nitrogens with zero attached hydrogens (tertiary/aromatic N) is 1. The molecule has 1 aliphatic carbocycles. The van der Waals surface area contributed by atoms with Crippen molar-refractivity contribution >= 4 is 34.2 Å². The minimum absolute atomic E-state index is 0.404. The smallest absolute Gasteiger partial charge is 0.252 e. The minimum Gasteiger partial charge on any atom is -0.453 e. The van der Waals surface area contributed by atoms with Crippen molar-refractivity contribution in [1.29, 1.82) is 0 Å². The van der Waals surface area contributed by atoms with Crippen LogP contribution in [-0.4, -0.2) is 17.9 Å². The van der Waals surface area contributed by atoms with Crippen LogP contribution in [0.25, 0.3) is 5.76 Å². The SMILES string of the molecule is CC1(C)OC(=CC=Nc2sc3c(c2C(N)=O)CCCC3)C=C(c2ccccc2)O1. The summed E-state index contributed by atoms with van der Waals surface area (Å²) in [6.45, 7) is 3.73. The highest BCUT2D eigenvalue weighted by Crippen LogP contribution is 2.39. The van der Waals surface area contributed by atoms with E-state index in [1.54, 1.807) is 23.6 Å². The van der Waals surface area contributed by atoms with Gasteiger partial charge in [-0.15, -0.1) is 11.3 Å². The first-order chi connectivity index (χ1) is 13.9. The number of hydrogen-bond donors (Lipinski definition) is 1. The third-order valence-corrected chi connectivity index (χ3v) is 6.08. The average Bonchev–Trinajstić information content (AvgIpc) is 3.06. The highest BCUT2D eigenvalue weighted by Gasteiger charge is 2.28. The molecular formula is C23H24N2O3S. The van der Waals surface area contributed by atoms with Crippen molar-refractivity contribution < 1.29 is 14.3 Å². The second-order valence-electron chi connectivity index (χ2n) is 7.58. The van der Waals surface area contributed by atoms with Crippen molar-refractivity contribution in [2.45, 2.75) is 45.3 Å². The predicted molar refractivity (Wildman–Crippen MR) is 116 cm³/mol. The molecule has 1 amide bonds. The summed E-state index contributed by atoms with van der Waals surface area (Å²) in [5.41, 5.74) is 8.29. The molecule has 2 aromatic rings. The standard InChI is InChI=1S/C23H24N2O3S/c1-23(2)27-16(14-18(28-23)15-8-4-3-5-9-15)12-13-25-22-20(21(24)26)17-10-6-7-11-19(17)29-22/h3-5,8-9,12-14H,6-7,10-11H2,1-2H3,(H2,24,26). The zero-order chi connectivity index (χ0) is 20.4. The van der Waals surface area contributed by atoms with Crippen LogP contribution in [0.2, 0.25) is 0 Å². The normalized spacial score (nSPS) is 19.4. The third kappa shape index (κ3) is 4.27. The van der Waals surface area contributed by atoms with E-state index in [4.69, 9.17) is 15.2 Å². The Balaban J connectivity index is 1.64. The molecule has 5 nitrogen and oxygen atoms in total. The number of aryl methyl sites for hydroxylation is 1. The minimum atomic E-state index is -0.792. The summed E-state index contributed by atoms with van der Waals surface area (Å²) in [6, 6.07) is 9.89. The number of benzene rings is 1. The molecule has 4 rings (SSSR count). The number of thiophene rings is 1. The molecule has 1 aromatic carbocycles. The van der Waals surface area contributed by atoms with Crippen LogP contribution in [0.5, 0.6) is 0 Å². The van der Waals surface area contributed by atoms with E-state index in [1.165, 1.54) is 4.88 Å². The van der Waals surface area contributed by atoms with E-state index in [1.807, 2.05) is 50.3 Å². The maximum Gasteiger partial charge on any atom is 0.252 e. The lowest BCUT2D eigenvalue weighted by Gasteiger charge is -2.33. The zero-order valence-corrected chi connectivity index (χ0v) is 17.4. The van der Waals surface area contributed by atoms with Gasteiger partial charge < -0.3 is 15.2 Å². The first-order valence-corrected chi connectivity index (χ1v) is 10.6. The van der Waals surface area contributed by atoms with Crippen molar-refractivity contribution in [3.05, 3.63) is 69.8 Å². The van der Waals surface area contributed by atoms with Gasteiger partial charge in [-0.3, -0.25) is 4.79 Å². The number of amides is 1. The Kier molecular flexibility index (Phi) is 5.28. The van der Waals surface area contributed by atoms with E-state index in [0.29, 0.717) is 16.3 Å². The third-order valence-electron chi connectivity index (χ3n) is 4.88. The molecule has 1 aliphatic heterocycles. The number of aliphatic imine (C=N–C) groups is 1. The van der Waals surface area contributed by atoms with Crippen molar-refractivity contribution in [2.75, 3.05) is 0 Å². The number of carbonyl (C=O) groups excluding carboxylic acids is 1. The van der Waals surface area contributed by atoms with Crippen LogP contribution < -0.4 is 5.73 Å². The molecule has 0 fully saturated rings. The van der Waals surface area contributed by atoms with Crippen LogP contribution in [-0.2, 0) is 22.3 Å². The van der Waals surface area contributed by atoms with E-state index in [2.05, 4.69) is 4.99 Å². The molecule has 0 saturated carbocycles. The maximum absolute atomic E-state index is 12.0. The number of ether oxygens (including phenoxy) is 2.